The first-order valence-electron chi connectivity index (χ1n) is 5.90. The lowest BCUT2D eigenvalue weighted by Gasteiger charge is -2.26. The van der Waals surface area contributed by atoms with E-state index in [4.69, 9.17) is 0 Å². The van der Waals surface area contributed by atoms with E-state index in [0.717, 1.165) is 0 Å². The zero-order valence-corrected chi connectivity index (χ0v) is 10.7. The average Bonchev–Trinajstić information content (AvgIpc) is 2.93. The van der Waals surface area contributed by atoms with Crippen LogP contribution >= 0.6 is 0 Å². The van der Waals surface area contributed by atoms with E-state index in [1.807, 2.05) is 13.0 Å². The number of rotatable bonds is 5. The van der Waals surface area contributed by atoms with Gasteiger partial charge in [-0.1, -0.05) is 19.1 Å². The van der Waals surface area contributed by atoms with Crippen molar-refractivity contribution in [3.63, 3.8) is 0 Å². The van der Waals surface area contributed by atoms with Crippen LogP contribution in [-0.2, 0) is 10.3 Å². The summed E-state index contributed by atoms with van der Waals surface area (Å²) < 4.78 is 1.48. The number of hydrogen-bond acceptors (Lipinski definition) is 5. The van der Waals surface area contributed by atoms with E-state index in [1.165, 1.54) is 11.0 Å². The quantitative estimate of drug-likeness (QED) is 0.817. The fraction of sp³-hybridized carbons (Fsp3) is 0.333. The standard InChI is InChI=1S/C12H15N5O2/c1-3-13-12(2,11(18)19)9-5-4-6-10(7-9)17-8-14-15-16-17/h4-8,13H,3H2,1-2H3,(H,18,19). The topological polar surface area (TPSA) is 92.9 Å². The summed E-state index contributed by atoms with van der Waals surface area (Å²) in [6.07, 6.45) is 1.46. The lowest BCUT2D eigenvalue weighted by Crippen LogP contribution is -2.46. The summed E-state index contributed by atoms with van der Waals surface area (Å²) in [7, 11) is 0. The highest BCUT2D eigenvalue weighted by Gasteiger charge is 2.34. The molecule has 0 bridgehead atoms. The predicted octanol–water partition coefficient (Wildman–Crippen LogP) is 0.572. The van der Waals surface area contributed by atoms with Gasteiger partial charge in [-0.3, -0.25) is 5.32 Å². The number of aliphatic carboxylic acids is 1. The average molecular weight is 261 g/mol. The third kappa shape index (κ3) is 2.45. The van der Waals surface area contributed by atoms with Gasteiger partial charge >= 0.3 is 5.97 Å². The molecule has 2 aromatic rings. The molecule has 0 saturated carbocycles. The zero-order chi connectivity index (χ0) is 13.9. The Labute approximate surface area is 110 Å². The van der Waals surface area contributed by atoms with E-state index in [9.17, 15) is 9.90 Å². The van der Waals surface area contributed by atoms with E-state index in [-0.39, 0.29) is 0 Å². The van der Waals surface area contributed by atoms with Gasteiger partial charge in [-0.25, -0.2) is 9.48 Å². The van der Waals surface area contributed by atoms with Gasteiger partial charge in [0, 0.05) is 0 Å². The molecule has 0 aliphatic rings. The summed E-state index contributed by atoms with van der Waals surface area (Å²) in [5.41, 5.74) is 0.224. The number of likely N-dealkylation sites (N-methyl/N-ethyl adjacent to an activating group) is 1. The van der Waals surface area contributed by atoms with Gasteiger partial charge in [0.25, 0.3) is 0 Å². The molecule has 1 heterocycles. The van der Waals surface area contributed by atoms with Crippen molar-refractivity contribution in [3.05, 3.63) is 36.2 Å². The Balaban J connectivity index is 2.45. The van der Waals surface area contributed by atoms with Gasteiger partial charge in [-0.2, -0.15) is 0 Å². The highest BCUT2D eigenvalue weighted by atomic mass is 16.4. The molecule has 2 N–H and O–H groups in total. The van der Waals surface area contributed by atoms with Crippen molar-refractivity contribution in [3.8, 4) is 5.69 Å². The molecule has 2 rings (SSSR count). The van der Waals surface area contributed by atoms with Crippen LogP contribution in [0.2, 0.25) is 0 Å². The Hall–Kier alpha value is -2.28. The third-order valence-corrected chi connectivity index (χ3v) is 3.00. The molecule has 0 spiro atoms. The maximum atomic E-state index is 11.5. The van der Waals surface area contributed by atoms with Crippen LogP contribution in [0, 0.1) is 0 Å². The van der Waals surface area contributed by atoms with Crippen LogP contribution in [-0.4, -0.2) is 37.8 Å². The number of carboxylic acid groups (broad SMARTS) is 1. The van der Waals surface area contributed by atoms with E-state index in [1.54, 1.807) is 25.1 Å². The number of carbonyl (C=O) groups is 1. The molecule has 0 aliphatic carbocycles. The van der Waals surface area contributed by atoms with Crippen molar-refractivity contribution in [2.24, 2.45) is 0 Å². The predicted molar refractivity (Wildman–Crippen MR) is 67.8 cm³/mol. The molecular formula is C12H15N5O2. The Morgan fingerprint density at radius 3 is 2.89 bits per heavy atom. The first kappa shape index (κ1) is 13.2. The minimum atomic E-state index is -1.14. The Morgan fingerprint density at radius 1 is 1.53 bits per heavy atom. The minimum Gasteiger partial charge on any atom is -0.480 e. The molecule has 1 atom stereocenters. The van der Waals surface area contributed by atoms with Gasteiger partial charge in [0.1, 0.15) is 11.9 Å². The van der Waals surface area contributed by atoms with Crippen molar-refractivity contribution in [1.82, 2.24) is 25.5 Å². The van der Waals surface area contributed by atoms with E-state index >= 15 is 0 Å². The number of benzene rings is 1. The summed E-state index contributed by atoms with van der Waals surface area (Å²) >= 11 is 0. The molecule has 1 unspecified atom stereocenters. The van der Waals surface area contributed by atoms with Gasteiger partial charge in [-0.15, -0.1) is 5.10 Å². The molecule has 100 valence electrons. The van der Waals surface area contributed by atoms with Crippen molar-refractivity contribution in [1.29, 1.82) is 0 Å². The van der Waals surface area contributed by atoms with Crippen molar-refractivity contribution >= 4 is 5.97 Å². The number of aromatic nitrogens is 4. The highest BCUT2D eigenvalue weighted by Crippen LogP contribution is 2.23. The zero-order valence-electron chi connectivity index (χ0n) is 10.7. The monoisotopic (exact) mass is 261 g/mol. The molecule has 0 fully saturated rings. The normalized spacial score (nSPS) is 14.0. The number of carboxylic acids is 1. The SMILES string of the molecule is CCNC(C)(C(=O)O)c1cccc(-n2cnnn2)c1. The third-order valence-electron chi connectivity index (χ3n) is 3.00. The summed E-state index contributed by atoms with van der Waals surface area (Å²) in [6.45, 7) is 4.06. The molecule has 1 aromatic heterocycles. The maximum Gasteiger partial charge on any atom is 0.328 e. The molecule has 7 heteroatoms. The van der Waals surface area contributed by atoms with Gasteiger partial charge in [0.2, 0.25) is 0 Å². The van der Waals surface area contributed by atoms with Gasteiger partial charge in [-0.05, 0) is 41.6 Å². The number of hydrogen-bond donors (Lipinski definition) is 2. The fourth-order valence-corrected chi connectivity index (χ4v) is 1.89. The van der Waals surface area contributed by atoms with Gasteiger partial charge in [0.05, 0.1) is 5.69 Å². The Kier molecular flexibility index (Phi) is 3.57. The molecule has 0 saturated heterocycles. The second-order valence-corrected chi connectivity index (χ2v) is 4.27. The summed E-state index contributed by atoms with van der Waals surface area (Å²) in [6, 6.07) is 7.12. The molecule has 0 aliphatic heterocycles. The largest absolute Gasteiger partial charge is 0.480 e. The lowest BCUT2D eigenvalue weighted by molar-refractivity contribution is -0.144. The first-order chi connectivity index (χ1) is 9.08. The van der Waals surface area contributed by atoms with Crippen LogP contribution in [0.15, 0.2) is 30.6 Å². The van der Waals surface area contributed by atoms with Crippen LogP contribution in [0.25, 0.3) is 5.69 Å². The van der Waals surface area contributed by atoms with Crippen molar-refractivity contribution < 1.29 is 9.90 Å². The Morgan fingerprint density at radius 2 is 2.32 bits per heavy atom. The highest BCUT2D eigenvalue weighted by molar-refractivity contribution is 5.80. The van der Waals surface area contributed by atoms with Crippen molar-refractivity contribution in [2.75, 3.05) is 6.54 Å². The van der Waals surface area contributed by atoms with E-state index in [0.29, 0.717) is 17.8 Å². The molecule has 1 aromatic carbocycles. The summed E-state index contributed by atoms with van der Waals surface area (Å²) in [5.74, 6) is -0.928. The van der Waals surface area contributed by atoms with Crippen LogP contribution in [0.1, 0.15) is 19.4 Å². The number of tetrazole rings is 1. The second-order valence-electron chi connectivity index (χ2n) is 4.27. The van der Waals surface area contributed by atoms with Crippen LogP contribution in [0.3, 0.4) is 0 Å². The molecule has 19 heavy (non-hydrogen) atoms. The lowest BCUT2D eigenvalue weighted by atomic mass is 9.91. The van der Waals surface area contributed by atoms with Crippen LogP contribution in [0.5, 0.6) is 0 Å². The first-order valence-corrected chi connectivity index (χ1v) is 5.90. The second kappa shape index (κ2) is 5.15. The minimum absolute atomic E-state index is 0.553. The van der Waals surface area contributed by atoms with Gasteiger partial charge in [0.15, 0.2) is 0 Å². The number of nitrogens with one attached hydrogen (secondary N) is 1. The summed E-state index contributed by atoms with van der Waals surface area (Å²) in [4.78, 5) is 11.5. The Bertz CT molecular complexity index is 569. The van der Waals surface area contributed by atoms with E-state index < -0.39 is 11.5 Å². The number of nitrogens with zero attached hydrogens (tertiary/aromatic N) is 4. The molecule has 0 amide bonds. The van der Waals surface area contributed by atoms with Crippen LogP contribution in [0.4, 0.5) is 0 Å². The maximum absolute atomic E-state index is 11.5. The molecule has 7 nitrogen and oxygen atoms in total. The molecular weight excluding hydrogens is 246 g/mol. The summed E-state index contributed by atoms with van der Waals surface area (Å²) in [5, 5.41) is 23.3. The smallest absolute Gasteiger partial charge is 0.328 e. The van der Waals surface area contributed by atoms with Crippen LogP contribution < -0.4 is 5.32 Å². The van der Waals surface area contributed by atoms with E-state index in [2.05, 4.69) is 20.8 Å². The fourth-order valence-electron chi connectivity index (χ4n) is 1.89. The van der Waals surface area contributed by atoms with Gasteiger partial charge < -0.3 is 5.11 Å². The molecule has 0 radical (unpaired) electrons. The van der Waals surface area contributed by atoms with Crippen molar-refractivity contribution in [2.45, 2.75) is 19.4 Å².